The molecule has 0 aliphatic carbocycles. The summed E-state index contributed by atoms with van der Waals surface area (Å²) in [4.78, 5) is 40.7. The van der Waals surface area contributed by atoms with Gasteiger partial charge in [0.2, 0.25) is 5.79 Å². The zero-order chi connectivity index (χ0) is 45.9. The van der Waals surface area contributed by atoms with E-state index in [-0.39, 0.29) is 54.4 Å². The number of hydrogen-bond acceptors (Lipinski definition) is 13. The van der Waals surface area contributed by atoms with Crippen molar-refractivity contribution in [2.45, 2.75) is 219 Å². The minimum absolute atomic E-state index is 0.0345. The third kappa shape index (κ3) is 10.3. The molecular formula is C49H80O13. The van der Waals surface area contributed by atoms with E-state index < -0.39 is 83.1 Å². The Kier molecular flexibility index (Phi) is 16.7. The summed E-state index contributed by atoms with van der Waals surface area (Å²) in [5.74, 6) is -5.45. The van der Waals surface area contributed by atoms with Gasteiger partial charge in [-0.15, -0.1) is 0 Å². The maximum absolute atomic E-state index is 14.7. The average Bonchev–Trinajstić information content (AvgIpc) is 3.57. The highest BCUT2D eigenvalue weighted by Gasteiger charge is 2.64. The zero-order valence-electron chi connectivity index (χ0n) is 39.8. The van der Waals surface area contributed by atoms with Gasteiger partial charge in [-0.1, -0.05) is 68.0 Å². The Bertz CT molecular complexity index is 1580. The summed E-state index contributed by atoms with van der Waals surface area (Å²) in [6.07, 6.45) is 5.68. The Morgan fingerprint density at radius 2 is 1.60 bits per heavy atom. The Morgan fingerprint density at radius 3 is 2.21 bits per heavy atom. The lowest BCUT2D eigenvalue weighted by molar-refractivity contribution is -0.408. The van der Waals surface area contributed by atoms with E-state index in [1.807, 2.05) is 41.5 Å². The quantitative estimate of drug-likeness (QED) is 0.112. The van der Waals surface area contributed by atoms with Gasteiger partial charge in [0, 0.05) is 30.1 Å². The van der Waals surface area contributed by atoms with Crippen LogP contribution in [0, 0.1) is 41.4 Å². The molecule has 2 spiro atoms. The van der Waals surface area contributed by atoms with Gasteiger partial charge in [0.25, 0.3) is 0 Å². The molecule has 0 amide bonds. The van der Waals surface area contributed by atoms with Gasteiger partial charge in [0.15, 0.2) is 11.9 Å². The molecule has 0 aromatic rings. The van der Waals surface area contributed by atoms with Gasteiger partial charge in [0.05, 0.1) is 59.8 Å². The Balaban J connectivity index is 1.37. The number of ether oxygens (including phenoxy) is 8. The fourth-order valence-corrected chi connectivity index (χ4v) is 11.2. The van der Waals surface area contributed by atoms with Crippen LogP contribution >= 0.6 is 0 Å². The smallest absolute Gasteiger partial charge is 0.461 e. The van der Waals surface area contributed by atoms with Crippen molar-refractivity contribution in [3.05, 3.63) is 24.8 Å². The lowest BCUT2D eigenvalue weighted by Gasteiger charge is -2.54. The third-order valence-corrected chi connectivity index (χ3v) is 15.3. The lowest BCUT2D eigenvalue weighted by atomic mass is 9.72. The van der Waals surface area contributed by atoms with Crippen LogP contribution in [-0.4, -0.2) is 106 Å². The van der Waals surface area contributed by atoms with E-state index >= 15 is 0 Å². The molecule has 4 saturated heterocycles. The van der Waals surface area contributed by atoms with Crippen molar-refractivity contribution in [1.82, 2.24) is 0 Å². The highest BCUT2D eigenvalue weighted by atomic mass is 16.8. The van der Waals surface area contributed by atoms with Gasteiger partial charge in [0.1, 0.15) is 12.4 Å². The van der Waals surface area contributed by atoms with Crippen LogP contribution in [0.25, 0.3) is 0 Å². The Morgan fingerprint density at radius 1 is 0.903 bits per heavy atom. The molecule has 62 heavy (non-hydrogen) atoms. The lowest BCUT2D eigenvalue weighted by Crippen LogP contribution is -2.63. The van der Waals surface area contributed by atoms with E-state index in [1.54, 1.807) is 39.0 Å². The maximum atomic E-state index is 14.7. The number of Topliss-reactive ketones (excluding diaryl/α,β-unsaturated/α-hetero) is 1. The number of esters is 1. The molecule has 13 heteroatoms. The molecule has 0 bridgehead atoms. The molecule has 5 rings (SSSR count). The summed E-state index contributed by atoms with van der Waals surface area (Å²) in [6, 6.07) is 0. The first-order valence-corrected chi connectivity index (χ1v) is 23.8. The van der Waals surface area contributed by atoms with Crippen molar-refractivity contribution in [3.8, 4) is 0 Å². The topological polar surface area (TPSA) is 166 Å². The third-order valence-electron chi connectivity index (χ3n) is 15.3. The van der Waals surface area contributed by atoms with Crippen molar-refractivity contribution in [2.24, 2.45) is 41.4 Å². The van der Waals surface area contributed by atoms with Gasteiger partial charge < -0.3 is 48.1 Å². The predicted molar refractivity (Wildman–Crippen MR) is 233 cm³/mol. The molecule has 354 valence electrons. The number of carbonyl (C=O) groups excluding carboxylic acids is 3. The molecule has 4 fully saturated rings. The summed E-state index contributed by atoms with van der Waals surface area (Å²) in [6.45, 7) is 27.0. The molecule has 0 aromatic carbocycles. The number of rotatable bonds is 16. The molecular weight excluding hydrogens is 797 g/mol. The van der Waals surface area contributed by atoms with E-state index in [1.165, 1.54) is 0 Å². The van der Waals surface area contributed by atoms with Gasteiger partial charge >= 0.3 is 12.1 Å². The number of hydrogen-bond donors (Lipinski definition) is 2. The maximum Gasteiger partial charge on any atom is 0.509 e. The standard InChI is InChI=1S/C49H80O13/c1-14-26-55-44(52)35(15-2)37-19-18-29(7)42(58-37)33(11)40(50)32(10)41(51)36(16-3)43-30(8)27-31(9)48(60-43)23-21-39(59-45(53)56-28(5)6)49(62-48)25-24-46(13,61-49)38-20-22-47(54,17-4)34(12)57-38/h14,21,23,28-40,42-43,50,54H,1,15-20,22,24-27H2,2-13H3/t29-,30-,31+,32-,33-,34-,35+,36-,37+,38+,39+,40+,42+,43-,46-,47+,48-,49-/m0/s1. The number of carbonyl (C=O) groups is 3. The summed E-state index contributed by atoms with van der Waals surface area (Å²) in [7, 11) is 0. The highest BCUT2D eigenvalue weighted by molar-refractivity contribution is 5.84. The second-order valence-corrected chi connectivity index (χ2v) is 20.0. The van der Waals surface area contributed by atoms with Crippen molar-refractivity contribution < 1.29 is 62.5 Å². The van der Waals surface area contributed by atoms with Gasteiger partial charge in [-0.2, -0.15) is 0 Å². The van der Waals surface area contributed by atoms with Crippen LogP contribution in [0.4, 0.5) is 4.79 Å². The number of aliphatic hydroxyl groups excluding tert-OH is 1. The molecule has 5 aliphatic rings. The minimum atomic E-state index is -1.47. The fourth-order valence-electron chi connectivity index (χ4n) is 11.2. The summed E-state index contributed by atoms with van der Waals surface area (Å²) in [5, 5.41) is 23.1. The molecule has 2 N–H and O–H groups in total. The molecule has 0 unspecified atom stereocenters. The zero-order valence-corrected chi connectivity index (χ0v) is 39.8. The van der Waals surface area contributed by atoms with Crippen molar-refractivity contribution in [2.75, 3.05) is 6.61 Å². The molecule has 13 nitrogen and oxygen atoms in total. The predicted octanol–water partition coefficient (Wildman–Crippen LogP) is 8.40. The van der Waals surface area contributed by atoms with Crippen LogP contribution in [0.3, 0.4) is 0 Å². The van der Waals surface area contributed by atoms with E-state index in [9.17, 15) is 24.6 Å². The molecule has 0 saturated carbocycles. The van der Waals surface area contributed by atoms with Crippen LogP contribution in [0.5, 0.6) is 0 Å². The molecule has 0 aromatic heterocycles. The van der Waals surface area contributed by atoms with E-state index in [4.69, 9.17) is 37.9 Å². The monoisotopic (exact) mass is 877 g/mol. The molecule has 18 atom stereocenters. The van der Waals surface area contributed by atoms with Crippen LogP contribution in [0.2, 0.25) is 0 Å². The summed E-state index contributed by atoms with van der Waals surface area (Å²) < 4.78 is 51.2. The van der Waals surface area contributed by atoms with Crippen LogP contribution in [-0.2, 0) is 47.5 Å². The van der Waals surface area contributed by atoms with Crippen molar-refractivity contribution in [1.29, 1.82) is 0 Å². The minimum Gasteiger partial charge on any atom is -0.461 e. The van der Waals surface area contributed by atoms with Crippen molar-refractivity contribution >= 4 is 17.9 Å². The van der Waals surface area contributed by atoms with E-state index in [2.05, 4.69) is 27.4 Å². The average molecular weight is 877 g/mol. The Hall–Kier alpha value is -2.39. The number of ketones is 1. The number of aliphatic hydroxyl groups is 2. The largest absolute Gasteiger partial charge is 0.509 e. The van der Waals surface area contributed by atoms with Crippen LogP contribution < -0.4 is 0 Å². The van der Waals surface area contributed by atoms with Gasteiger partial charge in [-0.05, 0) is 109 Å². The summed E-state index contributed by atoms with van der Waals surface area (Å²) >= 11 is 0. The van der Waals surface area contributed by atoms with Crippen LogP contribution in [0.1, 0.15) is 147 Å². The van der Waals surface area contributed by atoms with E-state index in [0.29, 0.717) is 57.8 Å². The molecule has 5 heterocycles. The van der Waals surface area contributed by atoms with Gasteiger partial charge in [-0.25, -0.2) is 4.79 Å². The second-order valence-electron chi connectivity index (χ2n) is 20.0. The molecule has 0 radical (unpaired) electrons. The Labute approximate surface area is 371 Å². The normalized spacial score (nSPS) is 41.0. The first-order chi connectivity index (χ1) is 29.1. The first kappa shape index (κ1) is 50.6. The second kappa shape index (κ2) is 20.4. The van der Waals surface area contributed by atoms with E-state index in [0.717, 1.165) is 6.42 Å². The summed E-state index contributed by atoms with van der Waals surface area (Å²) in [5.41, 5.74) is -1.77. The highest BCUT2D eigenvalue weighted by Crippen LogP contribution is 2.54. The fraction of sp³-hybridized carbons (Fsp3) is 0.857. The van der Waals surface area contributed by atoms with Gasteiger partial charge in [-0.3, -0.25) is 9.59 Å². The molecule has 5 aliphatic heterocycles. The van der Waals surface area contributed by atoms with Crippen LogP contribution in [0.15, 0.2) is 24.8 Å². The van der Waals surface area contributed by atoms with Crippen molar-refractivity contribution in [3.63, 3.8) is 0 Å². The SMILES string of the molecule is C=CCOC(=O)[C@H](CC)[C@H]1CC[C@H](C)[C@H]([C@@H](C)[C@H](O)[C@H](C)C(=O)[C@H](CC)[C@H]2O[C@]3(C=C[C@@H](OC(=O)OC(C)C)[C@]4(CC[C@@](C)([C@H]5CC[C@](O)(CC)[C@H](C)O5)O4)O3)[C@H](C)C[C@@H]2C)O1. The first-order valence-electron chi connectivity index (χ1n) is 23.8.